The van der Waals surface area contributed by atoms with Crippen molar-refractivity contribution in [3.8, 4) is 0 Å². The second kappa shape index (κ2) is 26.9. The fourth-order valence-electron chi connectivity index (χ4n) is 5.46. The number of carbonyl (C=O) groups is 10. The zero-order valence-electron chi connectivity index (χ0n) is 33.2. The molecule has 29 nitrogen and oxygen atoms in total. The fourth-order valence-corrected chi connectivity index (χ4v) is 6.75. The molecule has 0 saturated heterocycles. The van der Waals surface area contributed by atoms with Gasteiger partial charge in [0.25, 0.3) is 5.91 Å². The molecule has 14 N–H and O–H groups in total. The number of benzene rings is 1. The maximum atomic E-state index is 12.9. The summed E-state index contributed by atoms with van der Waals surface area (Å²) in [6.45, 7) is -5.87. The van der Waals surface area contributed by atoms with Gasteiger partial charge in [-0.2, -0.15) is 0 Å². The van der Waals surface area contributed by atoms with Crippen LogP contribution >= 0.6 is 20.0 Å². The molecule has 0 heterocycles. The molecule has 0 saturated carbocycles. The molecule has 0 fully saturated rings. The third-order valence-corrected chi connectivity index (χ3v) is 9.59. The lowest BCUT2D eigenvalue weighted by atomic mass is 10.0. The van der Waals surface area contributed by atoms with Crippen molar-refractivity contribution in [1.29, 1.82) is 0 Å². The van der Waals surface area contributed by atoms with E-state index in [1.807, 2.05) is 0 Å². The van der Waals surface area contributed by atoms with Crippen molar-refractivity contribution in [3.05, 3.63) is 29.8 Å². The number of anilines is 1. The summed E-state index contributed by atoms with van der Waals surface area (Å²) >= 11 is 5.09. The number of hydrogen-bond donors (Lipinski definition) is 14. The quantitative estimate of drug-likeness (QED) is 0.0183. The predicted octanol–water partition coefficient (Wildman–Crippen LogP) is -3.74. The molecule has 0 aliphatic carbocycles. The molecule has 2 unspecified atom stereocenters. The molecule has 0 aliphatic heterocycles. The lowest BCUT2D eigenvalue weighted by molar-refractivity contribution is -0.147. The number of nitrogens with one attached hydrogen (secondary N) is 4. The van der Waals surface area contributed by atoms with Crippen LogP contribution in [0.4, 0.5) is 5.69 Å². The van der Waals surface area contributed by atoms with Gasteiger partial charge in [0.05, 0.1) is 39.3 Å². The van der Waals surface area contributed by atoms with E-state index in [1.165, 1.54) is 29.2 Å². The molecule has 5 atom stereocenters. The van der Waals surface area contributed by atoms with Crippen LogP contribution in [0.3, 0.4) is 0 Å². The summed E-state index contributed by atoms with van der Waals surface area (Å²) < 4.78 is 16.9. The third-order valence-electron chi connectivity index (χ3n) is 8.23. The molecule has 0 radical (unpaired) electrons. The fraction of sp³-hybridized carbons (Fsp3) is 0.485. The second-order valence-electron chi connectivity index (χ2n) is 13.4. The van der Waals surface area contributed by atoms with Gasteiger partial charge in [0, 0.05) is 37.8 Å². The van der Waals surface area contributed by atoms with Gasteiger partial charge in [-0.15, -0.1) is 0 Å². The largest absolute Gasteiger partial charge is 0.481 e. The Morgan fingerprint density at radius 2 is 1.12 bits per heavy atom. The predicted molar refractivity (Wildman–Crippen MR) is 214 cm³/mol. The minimum atomic E-state index is -5.17. The van der Waals surface area contributed by atoms with E-state index in [2.05, 4.69) is 15.2 Å². The first-order chi connectivity index (χ1) is 29.7. The average Bonchev–Trinajstić information content (AvgIpc) is 3.14. The molecular formula is C33H46N7O22PS. The van der Waals surface area contributed by atoms with Crippen LogP contribution in [-0.4, -0.2) is 213 Å². The molecule has 356 valence electrons. The number of amides is 1. The summed E-state index contributed by atoms with van der Waals surface area (Å²) in [5.41, 5.74) is 0.528. The molecule has 0 aromatic heterocycles. The first kappa shape index (κ1) is 55.6. The van der Waals surface area contributed by atoms with E-state index in [9.17, 15) is 88.0 Å². The van der Waals surface area contributed by atoms with Crippen molar-refractivity contribution in [1.82, 2.24) is 30.4 Å². The van der Waals surface area contributed by atoms with Gasteiger partial charge < -0.3 is 66.8 Å². The number of thiocarbonyl (C=S) groups is 1. The number of hydrogen-bond acceptors (Lipinski definition) is 16. The Bertz CT molecular complexity index is 1910. The lowest BCUT2D eigenvalue weighted by Gasteiger charge is -2.34. The summed E-state index contributed by atoms with van der Waals surface area (Å²) in [5, 5.41) is 91.7. The number of rotatable bonds is 33. The Balaban J connectivity index is 3.20. The van der Waals surface area contributed by atoms with Crippen molar-refractivity contribution in [2.24, 2.45) is 0 Å². The first-order valence-electron chi connectivity index (χ1n) is 18.1. The third kappa shape index (κ3) is 23.2. The van der Waals surface area contributed by atoms with Gasteiger partial charge in [-0.25, -0.2) is 19.2 Å². The second-order valence-corrected chi connectivity index (χ2v) is 15.4. The highest BCUT2D eigenvalue weighted by Crippen LogP contribution is 2.38. The Kier molecular flexibility index (Phi) is 23.4. The Labute approximate surface area is 365 Å². The van der Waals surface area contributed by atoms with E-state index < -0.39 is 149 Å². The Morgan fingerprint density at radius 3 is 1.58 bits per heavy atom. The van der Waals surface area contributed by atoms with Crippen LogP contribution in [-0.2, 0) is 63.5 Å². The van der Waals surface area contributed by atoms with Gasteiger partial charge in [-0.3, -0.25) is 57.6 Å². The maximum Gasteiger partial charge on any atom is 0.403 e. The normalized spacial score (nSPS) is 14.0. The summed E-state index contributed by atoms with van der Waals surface area (Å²) in [6, 6.07) is -1.91. The highest BCUT2D eigenvalue weighted by molar-refractivity contribution is 7.80. The minimum Gasteiger partial charge on any atom is -0.481 e. The SMILES string of the molecule is O=C(O)CC[C@H](NP(=O)(O)OC[C@H](NC(=O)[C@H](NC(=S)Nc1ccc(CC(CN(CCN(CC(=O)O)CC(=O)O)CC(=O)O)N(CC(=O)O)CC(=O)O)cc1)C(=O)O)C(=O)O)C(=O)O. The minimum absolute atomic E-state index is 0.129. The molecule has 0 aliphatic rings. The van der Waals surface area contributed by atoms with Crippen molar-refractivity contribution >= 4 is 90.4 Å². The first-order valence-corrected chi connectivity index (χ1v) is 20.1. The van der Waals surface area contributed by atoms with Gasteiger partial charge in [0.15, 0.2) is 11.2 Å². The molecule has 0 bridgehead atoms. The van der Waals surface area contributed by atoms with Crippen LogP contribution < -0.4 is 21.0 Å². The molecular weight excluding hydrogens is 909 g/mol. The Hall–Kier alpha value is -6.40. The summed E-state index contributed by atoms with van der Waals surface area (Å²) in [4.78, 5) is 130. The van der Waals surface area contributed by atoms with Crippen molar-refractivity contribution < 1.29 is 108 Å². The summed E-state index contributed by atoms with van der Waals surface area (Å²) in [6.07, 6.45) is -1.55. The number of carboxylic acid groups (broad SMARTS) is 9. The molecule has 1 rings (SSSR count). The van der Waals surface area contributed by atoms with E-state index in [-0.39, 0.29) is 31.7 Å². The van der Waals surface area contributed by atoms with Crippen molar-refractivity contribution in [2.45, 2.75) is 43.4 Å². The van der Waals surface area contributed by atoms with Crippen LogP contribution in [0.5, 0.6) is 0 Å². The van der Waals surface area contributed by atoms with Crippen LogP contribution in [0.15, 0.2) is 24.3 Å². The van der Waals surface area contributed by atoms with Gasteiger partial charge in [0.2, 0.25) is 6.04 Å². The zero-order valence-corrected chi connectivity index (χ0v) is 34.9. The lowest BCUT2D eigenvalue weighted by Crippen LogP contribution is -2.56. The molecule has 1 aromatic rings. The average molecular weight is 956 g/mol. The molecule has 0 spiro atoms. The highest BCUT2D eigenvalue weighted by atomic mass is 32.1. The Morgan fingerprint density at radius 1 is 0.641 bits per heavy atom. The smallest absolute Gasteiger partial charge is 0.403 e. The maximum absolute atomic E-state index is 12.9. The van der Waals surface area contributed by atoms with Gasteiger partial charge >= 0.3 is 61.5 Å². The molecule has 64 heavy (non-hydrogen) atoms. The highest BCUT2D eigenvalue weighted by Gasteiger charge is 2.35. The molecule has 1 aromatic carbocycles. The number of carboxylic acids is 9. The van der Waals surface area contributed by atoms with E-state index in [1.54, 1.807) is 10.4 Å². The number of aliphatic carboxylic acids is 9. The van der Waals surface area contributed by atoms with Crippen LogP contribution in [0, 0.1) is 0 Å². The molecule has 1 amide bonds. The van der Waals surface area contributed by atoms with Crippen molar-refractivity contribution in [2.75, 3.05) is 64.3 Å². The van der Waals surface area contributed by atoms with E-state index in [4.69, 9.17) is 27.5 Å². The van der Waals surface area contributed by atoms with Crippen LogP contribution in [0.2, 0.25) is 0 Å². The standard InChI is InChI=1S/C33H46N7O22PS/c41-22(42)6-5-20(30(54)55)37-63(60,61)62-16-21(31(56)57)35-29(53)28(32(58)59)36-33(64)34-18-3-1-17(2-4-18)9-19(40(14-26(49)50)15-27(51)52)10-38(11-23(43)44)7-8-39(12-24(45)46)13-25(47)48/h1-4,19-21,28H,5-16H2,(H,35,53)(H,41,42)(H,43,44)(H,45,46)(H,47,48)(H,49,50)(H,51,52)(H,54,55)(H,56,57)(H,58,59)(H2,34,36,64)(H2,37,60,61)/t19?,20-,21-,28-/m0/s1. The monoisotopic (exact) mass is 955 g/mol. The van der Waals surface area contributed by atoms with Crippen molar-refractivity contribution in [3.63, 3.8) is 0 Å². The van der Waals surface area contributed by atoms with E-state index in [0.717, 1.165) is 9.80 Å². The summed E-state index contributed by atoms with van der Waals surface area (Å²) in [7, 11) is -5.17. The zero-order chi connectivity index (χ0) is 48.9. The number of carbonyl (C=O) groups excluding carboxylic acids is 1. The van der Waals surface area contributed by atoms with Crippen LogP contribution in [0.25, 0.3) is 0 Å². The molecule has 31 heteroatoms. The van der Waals surface area contributed by atoms with E-state index in [0.29, 0.717) is 5.56 Å². The van der Waals surface area contributed by atoms with Crippen LogP contribution in [0.1, 0.15) is 18.4 Å². The summed E-state index contributed by atoms with van der Waals surface area (Å²) in [5.74, 6) is -15.5. The van der Waals surface area contributed by atoms with Gasteiger partial charge in [-0.05, 0) is 42.8 Å². The van der Waals surface area contributed by atoms with Gasteiger partial charge in [0.1, 0.15) is 6.04 Å². The number of nitrogens with zero attached hydrogens (tertiary/aromatic N) is 3. The van der Waals surface area contributed by atoms with E-state index >= 15 is 0 Å². The topological polar surface area (TPSA) is 457 Å². The van der Waals surface area contributed by atoms with Gasteiger partial charge in [-0.1, -0.05) is 12.1 Å².